The lowest BCUT2D eigenvalue weighted by atomic mass is 10.1. The van der Waals surface area contributed by atoms with Gasteiger partial charge in [0.25, 0.3) is 0 Å². The van der Waals surface area contributed by atoms with Crippen molar-refractivity contribution in [3.63, 3.8) is 0 Å². The summed E-state index contributed by atoms with van der Waals surface area (Å²) in [5.41, 5.74) is 4.42. The summed E-state index contributed by atoms with van der Waals surface area (Å²) >= 11 is 4.87. The van der Waals surface area contributed by atoms with Crippen LogP contribution < -0.4 is 5.43 Å². The van der Waals surface area contributed by atoms with Crippen LogP contribution in [0.2, 0.25) is 0 Å². The SMILES string of the molecule is CCOC(=O)Cc1csc(NN=Cc2cccc3c2c(Br)cn3C(=O)OC(C)(C)C)n1. The van der Waals surface area contributed by atoms with Crippen molar-refractivity contribution < 1.29 is 19.1 Å². The summed E-state index contributed by atoms with van der Waals surface area (Å²) < 4.78 is 12.6. The molecule has 2 heterocycles. The molecule has 0 unspecified atom stereocenters. The lowest BCUT2D eigenvalue weighted by molar-refractivity contribution is -0.142. The van der Waals surface area contributed by atoms with E-state index in [4.69, 9.17) is 9.47 Å². The third-order valence-electron chi connectivity index (χ3n) is 3.95. The van der Waals surface area contributed by atoms with Crippen molar-refractivity contribution in [1.29, 1.82) is 0 Å². The first-order chi connectivity index (χ1) is 14.7. The topological polar surface area (TPSA) is 94.8 Å². The normalized spacial score (nSPS) is 11.8. The molecule has 3 rings (SSSR count). The van der Waals surface area contributed by atoms with Gasteiger partial charge in [-0.3, -0.25) is 14.8 Å². The molecule has 0 spiro atoms. The van der Waals surface area contributed by atoms with Crippen molar-refractivity contribution in [1.82, 2.24) is 9.55 Å². The Balaban J connectivity index is 1.77. The molecule has 0 aliphatic rings. The lowest BCUT2D eigenvalue weighted by Crippen LogP contribution is -2.26. The van der Waals surface area contributed by atoms with E-state index >= 15 is 0 Å². The number of benzene rings is 1. The van der Waals surface area contributed by atoms with E-state index in [0.29, 0.717) is 22.9 Å². The van der Waals surface area contributed by atoms with Crippen LogP contribution in [-0.2, 0) is 20.7 Å². The number of halogens is 1. The first-order valence-corrected chi connectivity index (χ1v) is 11.3. The Labute approximate surface area is 192 Å². The van der Waals surface area contributed by atoms with Crippen molar-refractivity contribution in [3.8, 4) is 0 Å². The molecule has 10 heteroatoms. The Morgan fingerprint density at radius 2 is 2.13 bits per heavy atom. The highest BCUT2D eigenvalue weighted by Crippen LogP contribution is 2.29. The van der Waals surface area contributed by atoms with Crippen molar-refractivity contribution in [2.24, 2.45) is 5.10 Å². The molecule has 2 aromatic heterocycles. The molecular formula is C21H23BrN4O4S. The number of nitrogens with one attached hydrogen (secondary N) is 1. The van der Waals surface area contributed by atoms with Gasteiger partial charge in [-0.2, -0.15) is 5.10 Å². The van der Waals surface area contributed by atoms with E-state index in [1.54, 1.807) is 24.7 Å². The van der Waals surface area contributed by atoms with Crippen molar-refractivity contribution in [2.45, 2.75) is 39.7 Å². The van der Waals surface area contributed by atoms with Gasteiger partial charge in [0, 0.05) is 27.0 Å². The predicted molar refractivity (Wildman–Crippen MR) is 125 cm³/mol. The van der Waals surface area contributed by atoms with Gasteiger partial charge in [0.05, 0.1) is 30.5 Å². The van der Waals surface area contributed by atoms with Crippen molar-refractivity contribution in [2.75, 3.05) is 12.0 Å². The molecular weight excluding hydrogens is 484 g/mol. The predicted octanol–water partition coefficient (Wildman–Crippen LogP) is 5.20. The van der Waals surface area contributed by atoms with Crippen LogP contribution in [0.25, 0.3) is 10.9 Å². The molecule has 0 aliphatic heterocycles. The summed E-state index contributed by atoms with van der Waals surface area (Å²) in [5.74, 6) is -0.311. The molecule has 3 aromatic rings. The first-order valence-electron chi connectivity index (χ1n) is 9.60. The monoisotopic (exact) mass is 506 g/mol. The second-order valence-electron chi connectivity index (χ2n) is 7.56. The zero-order chi connectivity index (χ0) is 22.6. The van der Waals surface area contributed by atoms with Crippen LogP contribution in [0.1, 0.15) is 39.0 Å². The Kier molecular flexibility index (Phi) is 7.11. The second kappa shape index (κ2) is 9.61. The van der Waals surface area contributed by atoms with Crippen LogP contribution in [0, 0.1) is 0 Å². The molecule has 31 heavy (non-hydrogen) atoms. The van der Waals surface area contributed by atoms with E-state index in [-0.39, 0.29) is 12.4 Å². The fourth-order valence-electron chi connectivity index (χ4n) is 2.79. The van der Waals surface area contributed by atoms with E-state index in [9.17, 15) is 9.59 Å². The number of anilines is 1. The number of esters is 1. The standard InChI is InChI=1S/C21H23BrN4O4S/c1-5-29-17(27)9-14-12-31-19(24-14)25-23-10-13-7-6-8-16-18(13)15(22)11-26(16)20(28)30-21(2,3)4/h6-8,10-12H,5,9H2,1-4H3,(H,24,25). The molecule has 0 fully saturated rings. The number of nitrogens with zero attached hydrogens (tertiary/aromatic N) is 3. The van der Waals surface area contributed by atoms with Gasteiger partial charge in [0.1, 0.15) is 5.60 Å². The summed E-state index contributed by atoms with van der Waals surface area (Å²) in [6.07, 6.45) is 3.01. The summed E-state index contributed by atoms with van der Waals surface area (Å²) in [5, 5.41) is 7.44. The number of carbonyl (C=O) groups is 2. The molecule has 0 amide bonds. The Hall–Kier alpha value is -2.72. The van der Waals surface area contributed by atoms with Gasteiger partial charge in [-0.1, -0.05) is 12.1 Å². The van der Waals surface area contributed by atoms with Gasteiger partial charge in [0.2, 0.25) is 5.13 Å². The summed E-state index contributed by atoms with van der Waals surface area (Å²) in [6, 6.07) is 5.58. The quantitative estimate of drug-likeness (QED) is 0.280. The van der Waals surface area contributed by atoms with Crippen LogP contribution in [0.15, 0.2) is 39.4 Å². The number of aromatic nitrogens is 2. The average Bonchev–Trinajstić information content (AvgIpc) is 3.25. The number of hydrazone groups is 1. The zero-order valence-electron chi connectivity index (χ0n) is 17.6. The summed E-state index contributed by atoms with van der Waals surface area (Å²) in [4.78, 5) is 28.4. The molecule has 0 bridgehead atoms. The van der Waals surface area contributed by atoms with Crippen molar-refractivity contribution in [3.05, 3.63) is 45.5 Å². The van der Waals surface area contributed by atoms with Gasteiger partial charge in [0.15, 0.2) is 0 Å². The van der Waals surface area contributed by atoms with E-state index in [0.717, 1.165) is 15.4 Å². The fraction of sp³-hybridized carbons (Fsp3) is 0.333. The maximum absolute atomic E-state index is 12.6. The van der Waals surface area contributed by atoms with Gasteiger partial charge in [-0.15, -0.1) is 11.3 Å². The minimum absolute atomic E-state index is 0.125. The van der Waals surface area contributed by atoms with E-state index < -0.39 is 11.7 Å². The maximum Gasteiger partial charge on any atom is 0.419 e. The van der Waals surface area contributed by atoms with Crippen LogP contribution in [0.4, 0.5) is 9.93 Å². The number of carbonyl (C=O) groups excluding carboxylic acids is 2. The molecule has 164 valence electrons. The number of hydrogen-bond acceptors (Lipinski definition) is 8. The van der Waals surface area contributed by atoms with Gasteiger partial charge < -0.3 is 9.47 Å². The molecule has 0 radical (unpaired) electrons. The number of thiazole rings is 1. The van der Waals surface area contributed by atoms with Gasteiger partial charge in [-0.25, -0.2) is 9.78 Å². The Morgan fingerprint density at radius 3 is 2.84 bits per heavy atom. The highest BCUT2D eigenvalue weighted by molar-refractivity contribution is 9.10. The number of ether oxygens (including phenoxy) is 2. The minimum atomic E-state index is -0.594. The molecule has 0 aliphatic carbocycles. The van der Waals surface area contributed by atoms with E-state index in [1.807, 2.05) is 39.0 Å². The molecule has 8 nitrogen and oxygen atoms in total. The van der Waals surface area contributed by atoms with E-state index in [2.05, 4.69) is 31.4 Å². The van der Waals surface area contributed by atoms with Gasteiger partial charge >= 0.3 is 12.1 Å². The molecule has 0 atom stereocenters. The Bertz CT molecular complexity index is 1130. The number of hydrogen-bond donors (Lipinski definition) is 1. The largest absolute Gasteiger partial charge is 0.466 e. The van der Waals surface area contributed by atoms with Gasteiger partial charge in [-0.05, 0) is 49.7 Å². The highest BCUT2D eigenvalue weighted by Gasteiger charge is 2.21. The number of fused-ring (bicyclic) bond motifs is 1. The third kappa shape index (κ3) is 5.92. The Morgan fingerprint density at radius 1 is 1.35 bits per heavy atom. The van der Waals surface area contributed by atoms with Crippen LogP contribution in [0.3, 0.4) is 0 Å². The summed E-state index contributed by atoms with van der Waals surface area (Å²) in [6.45, 7) is 7.58. The number of rotatable bonds is 6. The highest BCUT2D eigenvalue weighted by atomic mass is 79.9. The zero-order valence-corrected chi connectivity index (χ0v) is 20.0. The van der Waals surface area contributed by atoms with Crippen LogP contribution in [0.5, 0.6) is 0 Å². The molecule has 1 N–H and O–H groups in total. The third-order valence-corrected chi connectivity index (χ3v) is 5.35. The average molecular weight is 507 g/mol. The lowest BCUT2D eigenvalue weighted by Gasteiger charge is -2.19. The van der Waals surface area contributed by atoms with Crippen LogP contribution in [-0.4, -0.2) is 40.0 Å². The van der Waals surface area contributed by atoms with Crippen molar-refractivity contribution >= 4 is 61.6 Å². The molecule has 0 saturated heterocycles. The fourth-order valence-corrected chi connectivity index (χ4v) is 4.09. The smallest absolute Gasteiger partial charge is 0.419 e. The summed E-state index contributed by atoms with van der Waals surface area (Å²) in [7, 11) is 0. The first kappa shape index (κ1) is 23.0. The molecule has 1 aromatic carbocycles. The minimum Gasteiger partial charge on any atom is -0.466 e. The second-order valence-corrected chi connectivity index (χ2v) is 9.28. The maximum atomic E-state index is 12.6. The molecule has 0 saturated carbocycles. The van der Waals surface area contributed by atoms with E-state index in [1.165, 1.54) is 15.9 Å². The van der Waals surface area contributed by atoms with Crippen LogP contribution >= 0.6 is 27.3 Å².